The monoisotopic (exact) mass is 276 g/mol. The molecule has 0 saturated carbocycles. The first kappa shape index (κ1) is 14.0. The highest BCUT2D eigenvalue weighted by molar-refractivity contribution is 6.14. The number of methoxy groups -OCH3 is 1. The molecule has 0 aliphatic carbocycles. The SMILES string of the molecule is COc1ccc(NC(=O)C2(C(C)=O)CCN=NN2)cc1. The van der Waals surface area contributed by atoms with Crippen molar-refractivity contribution in [3.05, 3.63) is 24.3 Å². The smallest absolute Gasteiger partial charge is 0.259 e. The summed E-state index contributed by atoms with van der Waals surface area (Å²) in [4.78, 5) is 24.2. The second-order valence-corrected chi connectivity index (χ2v) is 4.47. The summed E-state index contributed by atoms with van der Waals surface area (Å²) in [5.41, 5.74) is 1.79. The molecule has 1 aromatic rings. The predicted molar refractivity (Wildman–Crippen MR) is 72.5 cm³/mol. The van der Waals surface area contributed by atoms with Crippen molar-refractivity contribution < 1.29 is 14.3 Å². The fourth-order valence-electron chi connectivity index (χ4n) is 1.94. The Hall–Kier alpha value is -2.44. The van der Waals surface area contributed by atoms with Gasteiger partial charge in [-0.15, -0.1) is 0 Å². The lowest BCUT2D eigenvalue weighted by Gasteiger charge is -2.30. The lowest BCUT2D eigenvalue weighted by molar-refractivity contribution is -0.134. The van der Waals surface area contributed by atoms with E-state index in [1.165, 1.54) is 6.92 Å². The normalized spacial score (nSPS) is 20.9. The number of rotatable bonds is 4. The van der Waals surface area contributed by atoms with Crippen molar-refractivity contribution >= 4 is 17.4 Å². The highest BCUT2D eigenvalue weighted by atomic mass is 16.5. The topological polar surface area (TPSA) is 92.1 Å². The molecule has 1 aliphatic heterocycles. The Bertz CT molecular complexity index is 541. The molecule has 7 heteroatoms. The molecule has 2 N–H and O–H groups in total. The summed E-state index contributed by atoms with van der Waals surface area (Å²) in [6.07, 6.45) is 0.286. The van der Waals surface area contributed by atoms with Crippen molar-refractivity contribution in [1.29, 1.82) is 0 Å². The van der Waals surface area contributed by atoms with Crippen molar-refractivity contribution in [2.24, 2.45) is 10.3 Å². The Morgan fingerprint density at radius 1 is 1.35 bits per heavy atom. The van der Waals surface area contributed by atoms with Gasteiger partial charge in [-0.05, 0) is 31.2 Å². The van der Waals surface area contributed by atoms with Gasteiger partial charge in [0, 0.05) is 12.1 Å². The number of anilines is 1. The average molecular weight is 276 g/mol. The second kappa shape index (κ2) is 5.68. The Balaban J connectivity index is 2.16. The van der Waals surface area contributed by atoms with Crippen LogP contribution in [-0.4, -0.2) is 30.9 Å². The van der Waals surface area contributed by atoms with Crippen LogP contribution in [-0.2, 0) is 9.59 Å². The number of hydrogen-bond acceptors (Lipinski definition) is 6. The summed E-state index contributed by atoms with van der Waals surface area (Å²) in [6, 6.07) is 6.86. The second-order valence-electron chi connectivity index (χ2n) is 4.47. The Kier molecular flexibility index (Phi) is 3.97. The fraction of sp³-hybridized carbons (Fsp3) is 0.385. The van der Waals surface area contributed by atoms with E-state index in [9.17, 15) is 9.59 Å². The summed E-state index contributed by atoms with van der Waals surface area (Å²) in [5, 5.41) is 10.1. The van der Waals surface area contributed by atoms with Gasteiger partial charge < -0.3 is 10.1 Å². The lowest BCUT2D eigenvalue weighted by atomic mass is 9.90. The van der Waals surface area contributed by atoms with E-state index in [2.05, 4.69) is 21.1 Å². The van der Waals surface area contributed by atoms with E-state index in [0.29, 0.717) is 18.0 Å². The quantitative estimate of drug-likeness (QED) is 0.811. The van der Waals surface area contributed by atoms with E-state index in [1.54, 1.807) is 31.4 Å². The van der Waals surface area contributed by atoms with Gasteiger partial charge in [0.05, 0.1) is 13.7 Å². The maximum Gasteiger partial charge on any atom is 0.259 e. The summed E-state index contributed by atoms with van der Waals surface area (Å²) in [7, 11) is 1.56. The van der Waals surface area contributed by atoms with Crippen LogP contribution in [0.3, 0.4) is 0 Å². The van der Waals surface area contributed by atoms with Crippen LogP contribution in [0.4, 0.5) is 5.69 Å². The van der Waals surface area contributed by atoms with Crippen molar-refractivity contribution in [1.82, 2.24) is 5.43 Å². The summed E-state index contributed by atoms with van der Waals surface area (Å²) < 4.78 is 5.04. The lowest BCUT2D eigenvalue weighted by Crippen LogP contribution is -2.59. The zero-order valence-electron chi connectivity index (χ0n) is 11.3. The first-order valence-electron chi connectivity index (χ1n) is 6.19. The van der Waals surface area contributed by atoms with Crippen LogP contribution in [0.5, 0.6) is 5.75 Å². The van der Waals surface area contributed by atoms with Crippen LogP contribution in [0.15, 0.2) is 34.6 Å². The number of ether oxygens (including phenoxy) is 1. The minimum absolute atomic E-state index is 0.286. The van der Waals surface area contributed by atoms with Crippen LogP contribution < -0.4 is 15.5 Å². The largest absolute Gasteiger partial charge is 0.497 e. The van der Waals surface area contributed by atoms with Crippen molar-refractivity contribution in [3.8, 4) is 5.75 Å². The number of ketones is 1. The van der Waals surface area contributed by atoms with Gasteiger partial charge in [-0.1, -0.05) is 5.22 Å². The third kappa shape index (κ3) is 2.61. The molecule has 1 unspecified atom stereocenters. The van der Waals surface area contributed by atoms with Crippen molar-refractivity contribution in [2.75, 3.05) is 19.0 Å². The van der Waals surface area contributed by atoms with Gasteiger partial charge in [-0.25, -0.2) is 0 Å². The molecular formula is C13H16N4O3. The number of benzene rings is 1. The molecule has 1 amide bonds. The van der Waals surface area contributed by atoms with E-state index < -0.39 is 11.4 Å². The van der Waals surface area contributed by atoms with Gasteiger partial charge in [0.25, 0.3) is 5.91 Å². The molecule has 7 nitrogen and oxygen atoms in total. The van der Waals surface area contributed by atoms with Gasteiger partial charge in [0.1, 0.15) is 5.75 Å². The Morgan fingerprint density at radius 3 is 2.55 bits per heavy atom. The van der Waals surface area contributed by atoms with Gasteiger partial charge in [-0.3, -0.25) is 15.0 Å². The standard InChI is InChI=1S/C13H16N4O3/c1-9(18)13(7-8-14-17-16-13)12(19)15-10-3-5-11(20-2)6-4-10/h3-6H,7-8H2,1-2H3,(H,14,16)(H,15,19). The summed E-state index contributed by atoms with van der Waals surface area (Å²) >= 11 is 0. The molecule has 1 heterocycles. The number of carbonyl (C=O) groups is 2. The molecule has 0 spiro atoms. The van der Waals surface area contributed by atoms with Crippen molar-refractivity contribution in [2.45, 2.75) is 18.9 Å². The van der Waals surface area contributed by atoms with Gasteiger partial charge in [0.15, 0.2) is 11.3 Å². The van der Waals surface area contributed by atoms with Crippen LogP contribution in [0.25, 0.3) is 0 Å². The number of nitrogens with zero attached hydrogens (tertiary/aromatic N) is 2. The minimum atomic E-state index is -1.35. The van der Waals surface area contributed by atoms with Crippen LogP contribution >= 0.6 is 0 Å². The number of amides is 1. The van der Waals surface area contributed by atoms with Crippen LogP contribution in [0.1, 0.15) is 13.3 Å². The summed E-state index contributed by atoms with van der Waals surface area (Å²) in [5.74, 6) is -0.0372. The van der Waals surface area contributed by atoms with Crippen LogP contribution in [0, 0.1) is 0 Å². The third-order valence-electron chi connectivity index (χ3n) is 3.23. The predicted octanol–water partition coefficient (Wildman–Crippen LogP) is 1.32. The molecule has 1 aromatic carbocycles. The highest BCUT2D eigenvalue weighted by Crippen LogP contribution is 2.21. The number of Topliss-reactive ketones (excluding diaryl/α,β-unsaturated/α-hetero) is 1. The Labute approximate surface area is 116 Å². The minimum Gasteiger partial charge on any atom is -0.497 e. The molecule has 0 saturated heterocycles. The van der Waals surface area contributed by atoms with Crippen molar-refractivity contribution in [3.63, 3.8) is 0 Å². The molecule has 0 aromatic heterocycles. The molecular weight excluding hydrogens is 260 g/mol. The van der Waals surface area contributed by atoms with Gasteiger partial charge in [0.2, 0.25) is 0 Å². The number of nitrogens with one attached hydrogen (secondary N) is 2. The van der Waals surface area contributed by atoms with E-state index in [0.717, 1.165) is 0 Å². The van der Waals surface area contributed by atoms with Gasteiger partial charge >= 0.3 is 0 Å². The fourth-order valence-corrected chi connectivity index (χ4v) is 1.94. The molecule has 2 rings (SSSR count). The first-order chi connectivity index (χ1) is 9.58. The van der Waals surface area contributed by atoms with E-state index in [1.807, 2.05) is 0 Å². The number of carbonyl (C=O) groups excluding carboxylic acids is 2. The van der Waals surface area contributed by atoms with E-state index >= 15 is 0 Å². The zero-order chi connectivity index (χ0) is 14.6. The van der Waals surface area contributed by atoms with E-state index in [4.69, 9.17) is 4.74 Å². The molecule has 0 bridgehead atoms. The molecule has 0 fully saturated rings. The molecule has 106 valence electrons. The molecule has 1 aliphatic rings. The highest BCUT2D eigenvalue weighted by Gasteiger charge is 2.44. The maximum atomic E-state index is 12.4. The maximum absolute atomic E-state index is 12.4. The first-order valence-corrected chi connectivity index (χ1v) is 6.19. The number of hydrogen-bond donors (Lipinski definition) is 2. The van der Waals surface area contributed by atoms with E-state index in [-0.39, 0.29) is 12.2 Å². The van der Waals surface area contributed by atoms with Gasteiger partial charge in [-0.2, -0.15) is 5.11 Å². The molecule has 0 radical (unpaired) electrons. The zero-order valence-corrected chi connectivity index (χ0v) is 11.3. The molecule has 1 atom stereocenters. The third-order valence-corrected chi connectivity index (χ3v) is 3.23. The average Bonchev–Trinajstić information content (AvgIpc) is 2.48. The Morgan fingerprint density at radius 2 is 2.05 bits per heavy atom. The van der Waals surface area contributed by atoms with Crippen LogP contribution in [0.2, 0.25) is 0 Å². The summed E-state index contributed by atoms with van der Waals surface area (Å²) in [6.45, 7) is 1.70. The molecule has 20 heavy (non-hydrogen) atoms.